The molecule has 2 atom stereocenters. The summed E-state index contributed by atoms with van der Waals surface area (Å²) in [5.74, 6) is -2.68. The van der Waals surface area contributed by atoms with E-state index in [1.807, 2.05) is 0 Å². The van der Waals surface area contributed by atoms with Crippen LogP contribution in [0.15, 0.2) is 16.7 Å². The molecule has 1 saturated carbocycles. The molecule has 4 rings (SSSR count). The number of rotatable bonds is 7. The fraction of sp³-hybridized carbons (Fsp3) is 0.550. The topological polar surface area (TPSA) is 94.5 Å². The van der Waals surface area contributed by atoms with Gasteiger partial charge in [0.2, 0.25) is 5.91 Å². The zero-order valence-corrected chi connectivity index (χ0v) is 16.5. The average Bonchev–Trinajstić information content (AvgIpc) is 3.12. The smallest absolute Gasteiger partial charge is 0.258 e. The van der Waals surface area contributed by atoms with Crippen LogP contribution in [0.1, 0.15) is 55.4 Å². The normalized spacial score (nSPS) is 21.1. The van der Waals surface area contributed by atoms with E-state index in [1.54, 1.807) is 12.0 Å². The highest BCUT2D eigenvalue weighted by molar-refractivity contribution is 5.77. The number of nitrogens with zero attached hydrogens (tertiary/aromatic N) is 3. The molecule has 162 valence electrons. The number of hydrogen-bond acceptors (Lipinski definition) is 6. The molecule has 1 amide bonds. The van der Waals surface area contributed by atoms with Gasteiger partial charge in [0, 0.05) is 32.2 Å². The lowest BCUT2D eigenvalue weighted by Crippen LogP contribution is -2.36. The van der Waals surface area contributed by atoms with E-state index in [4.69, 9.17) is 15.0 Å². The zero-order chi connectivity index (χ0) is 21.5. The van der Waals surface area contributed by atoms with Crippen molar-refractivity contribution >= 4 is 5.91 Å². The number of amides is 1. The summed E-state index contributed by atoms with van der Waals surface area (Å²) in [4.78, 5) is 18.9. The Morgan fingerprint density at radius 3 is 2.77 bits per heavy atom. The Labute approximate surface area is 171 Å². The lowest BCUT2D eigenvalue weighted by atomic mass is 10.0. The second-order valence-corrected chi connectivity index (χ2v) is 7.93. The summed E-state index contributed by atoms with van der Waals surface area (Å²) >= 11 is 0. The number of carbonyl (C=O) groups excluding carboxylic acids is 1. The molecule has 2 heterocycles. The Kier molecular flexibility index (Phi) is 5.54. The van der Waals surface area contributed by atoms with E-state index in [0.29, 0.717) is 30.7 Å². The van der Waals surface area contributed by atoms with Gasteiger partial charge in [0.05, 0.1) is 6.04 Å². The van der Waals surface area contributed by atoms with Crippen LogP contribution in [0.3, 0.4) is 0 Å². The van der Waals surface area contributed by atoms with Crippen LogP contribution in [0.5, 0.6) is 0 Å². The molecule has 2 N–H and O–H groups in total. The van der Waals surface area contributed by atoms with Crippen LogP contribution < -0.4 is 5.73 Å². The molecule has 2 aromatic rings. The summed E-state index contributed by atoms with van der Waals surface area (Å²) in [6.45, 7) is 0.523. The maximum absolute atomic E-state index is 13.9. The molecular formula is C20H23F3N4O3. The van der Waals surface area contributed by atoms with E-state index in [1.165, 1.54) is 0 Å². The molecule has 0 spiro atoms. The molecule has 30 heavy (non-hydrogen) atoms. The first-order valence-electron chi connectivity index (χ1n) is 9.90. The number of benzene rings is 1. The van der Waals surface area contributed by atoms with Crippen molar-refractivity contribution in [3.05, 3.63) is 46.9 Å². The maximum Gasteiger partial charge on any atom is 0.258 e. The van der Waals surface area contributed by atoms with Gasteiger partial charge in [0.15, 0.2) is 17.5 Å². The highest BCUT2D eigenvalue weighted by Crippen LogP contribution is 2.48. The molecule has 0 unspecified atom stereocenters. The van der Waals surface area contributed by atoms with Gasteiger partial charge in [-0.3, -0.25) is 4.79 Å². The number of hydrogen-bond donors (Lipinski definition) is 1. The summed E-state index contributed by atoms with van der Waals surface area (Å²) < 4.78 is 51.1. The number of methoxy groups -OCH3 is 1. The molecule has 2 fully saturated rings. The van der Waals surface area contributed by atoms with Gasteiger partial charge in [-0.15, -0.1) is 0 Å². The first kappa shape index (κ1) is 20.8. The van der Waals surface area contributed by atoms with Crippen molar-refractivity contribution in [1.29, 1.82) is 0 Å². The van der Waals surface area contributed by atoms with Gasteiger partial charge in [0.25, 0.3) is 5.89 Å². The molecule has 0 radical (unpaired) electrons. The van der Waals surface area contributed by atoms with Crippen LogP contribution in [0, 0.1) is 17.5 Å². The first-order chi connectivity index (χ1) is 14.3. The van der Waals surface area contributed by atoms with Crippen LogP contribution in [0.25, 0.3) is 0 Å². The third-order valence-electron chi connectivity index (χ3n) is 5.81. The van der Waals surface area contributed by atoms with Crippen molar-refractivity contribution < 1.29 is 27.2 Å². The third-order valence-corrected chi connectivity index (χ3v) is 5.81. The first-order valence-corrected chi connectivity index (χ1v) is 9.90. The number of nitrogens with two attached hydrogens (primary N) is 1. The van der Waals surface area contributed by atoms with Gasteiger partial charge in [-0.05, 0) is 43.7 Å². The summed E-state index contributed by atoms with van der Waals surface area (Å²) in [5, 5.41) is 4.04. The lowest BCUT2D eigenvalue weighted by Gasteiger charge is -2.24. The summed E-state index contributed by atoms with van der Waals surface area (Å²) in [6.07, 6.45) is 2.94. The molecule has 10 heteroatoms. The van der Waals surface area contributed by atoms with Gasteiger partial charge in [0.1, 0.15) is 11.4 Å². The second kappa shape index (κ2) is 7.99. The Morgan fingerprint density at radius 1 is 1.33 bits per heavy atom. The number of carbonyl (C=O) groups is 1. The van der Waals surface area contributed by atoms with Gasteiger partial charge in [-0.25, -0.2) is 13.2 Å². The number of ether oxygens (including phenoxy) is 1. The third kappa shape index (κ3) is 3.93. The van der Waals surface area contributed by atoms with E-state index < -0.39 is 29.1 Å². The Hall–Kier alpha value is -2.46. The van der Waals surface area contributed by atoms with Crippen LogP contribution in [0.4, 0.5) is 13.2 Å². The monoisotopic (exact) mass is 424 g/mol. The fourth-order valence-corrected chi connectivity index (χ4v) is 3.92. The Bertz CT molecular complexity index is 947. The minimum absolute atomic E-state index is 0.0655. The van der Waals surface area contributed by atoms with E-state index in [2.05, 4.69) is 10.1 Å². The number of aromatic nitrogens is 2. The van der Waals surface area contributed by atoms with Crippen LogP contribution >= 0.6 is 0 Å². The quantitative estimate of drug-likeness (QED) is 0.687. The largest absolute Gasteiger partial charge is 0.368 e. The van der Waals surface area contributed by atoms with Gasteiger partial charge in [-0.2, -0.15) is 4.98 Å². The molecule has 2 aliphatic rings. The predicted molar refractivity (Wildman–Crippen MR) is 98.5 cm³/mol. The Balaban J connectivity index is 1.41. The van der Waals surface area contributed by atoms with Gasteiger partial charge in [-0.1, -0.05) is 5.16 Å². The van der Waals surface area contributed by atoms with E-state index >= 15 is 0 Å². The van der Waals surface area contributed by atoms with Crippen LogP contribution in [-0.2, 0) is 21.6 Å². The van der Waals surface area contributed by atoms with Crippen molar-refractivity contribution in [2.75, 3.05) is 13.7 Å². The van der Waals surface area contributed by atoms with E-state index in [-0.39, 0.29) is 30.4 Å². The van der Waals surface area contributed by atoms with E-state index in [9.17, 15) is 18.0 Å². The van der Waals surface area contributed by atoms with E-state index in [0.717, 1.165) is 25.3 Å². The summed E-state index contributed by atoms with van der Waals surface area (Å²) in [5.41, 5.74) is 5.44. The molecule has 1 aliphatic heterocycles. The highest BCUT2D eigenvalue weighted by Gasteiger charge is 2.50. The van der Waals surface area contributed by atoms with Crippen molar-refractivity contribution in [2.24, 2.45) is 5.73 Å². The molecule has 1 aliphatic carbocycles. The van der Waals surface area contributed by atoms with Crippen molar-refractivity contribution in [3.63, 3.8) is 0 Å². The van der Waals surface area contributed by atoms with Gasteiger partial charge < -0.3 is 19.9 Å². The standard InChI is InChI=1S/C20H23F3N4O3/c1-29-20(4-5-20)19-25-18(26-30-19)16-3-2-6-27(16)17(28)9-12(24)7-11-8-14(22)15(23)10-13(11)21/h8,10,12,16H,2-7,9,24H2,1H3/t12-,16+/m1/s1. The minimum atomic E-state index is -1.26. The predicted octanol–water partition coefficient (Wildman–Crippen LogP) is 2.75. The molecule has 7 nitrogen and oxygen atoms in total. The highest BCUT2D eigenvalue weighted by atomic mass is 19.2. The average molecular weight is 424 g/mol. The van der Waals surface area contributed by atoms with Crippen LogP contribution in [-0.4, -0.2) is 40.6 Å². The van der Waals surface area contributed by atoms with Crippen LogP contribution in [0.2, 0.25) is 0 Å². The molecule has 1 aromatic heterocycles. The SMILES string of the molecule is COC1(c2nc([C@@H]3CCCN3C(=O)C[C@H](N)Cc3cc(F)c(F)cc3F)no2)CC1. The molecule has 1 saturated heterocycles. The molecule has 1 aromatic carbocycles. The number of likely N-dealkylation sites (tertiary alicyclic amines) is 1. The lowest BCUT2D eigenvalue weighted by molar-refractivity contribution is -0.132. The number of halogens is 3. The summed E-state index contributed by atoms with van der Waals surface area (Å²) in [6, 6.07) is 0.186. The minimum Gasteiger partial charge on any atom is -0.368 e. The maximum atomic E-state index is 13.9. The Morgan fingerprint density at radius 2 is 2.07 bits per heavy atom. The fourth-order valence-electron chi connectivity index (χ4n) is 3.92. The van der Waals surface area contributed by atoms with Crippen molar-refractivity contribution in [1.82, 2.24) is 15.0 Å². The molecular weight excluding hydrogens is 401 g/mol. The van der Waals surface area contributed by atoms with Crippen molar-refractivity contribution in [2.45, 2.75) is 56.2 Å². The summed E-state index contributed by atoms with van der Waals surface area (Å²) in [7, 11) is 1.60. The zero-order valence-electron chi connectivity index (χ0n) is 16.5. The van der Waals surface area contributed by atoms with Crippen molar-refractivity contribution in [3.8, 4) is 0 Å². The molecule has 0 bridgehead atoms. The second-order valence-electron chi connectivity index (χ2n) is 7.93. The van der Waals surface area contributed by atoms with Gasteiger partial charge >= 0.3 is 0 Å².